The largest absolute Gasteiger partial charge is 0.415 e. The maximum Gasteiger partial charge on any atom is 0.389 e. The first-order valence-corrected chi connectivity index (χ1v) is 24.5. The Balaban J connectivity index is 0.00000223. The normalized spacial score (nSPS) is 15.6. The van der Waals surface area contributed by atoms with Gasteiger partial charge in [-0.2, -0.15) is 13.2 Å². The third kappa shape index (κ3) is 22.8. The lowest BCUT2D eigenvalue weighted by Gasteiger charge is -2.40. The van der Waals surface area contributed by atoms with E-state index in [0.717, 1.165) is 22.3 Å². The lowest BCUT2D eigenvalue weighted by molar-refractivity contribution is -0.131. The molecule has 0 radical (unpaired) electrons. The van der Waals surface area contributed by atoms with Crippen LogP contribution >= 0.6 is 0 Å². The molecule has 16 heteroatoms. The van der Waals surface area contributed by atoms with Crippen molar-refractivity contribution in [3.8, 4) is 0 Å². The number of hydrogen-bond acceptors (Lipinski definition) is 10. The summed E-state index contributed by atoms with van der Waals surface area (Å²) in [5, 5.41) is 34.7. The number of alkyl halides is 3. The molecule has 0 saturated carbocycles. The van der Waals surface area contributed by atoms with E-state index in [0.29, 0.717) is 13.2 Å². The minimum atomic E-state index is -4.35. The van der Waals surface area contributed by atoms with E-state index in [1.54, 1.807) is 20.4 Å². The number of aliphatic hydroxyl groups is 4. The molecule has 2 rings (SSSR count). The van der Waals surface area contributed by atoms with Gasteiger partial charge in [0.1, 0.15) is 0 Å². The molecule has 0 heterocycles. The molecule has 0 aliphatic heterocycles. The summed E-state index contributed by atoms with van der Waals surface area (Å²) in [5.41, 5.74) is 3.69. The van der Waals surface area contributed by atoms with Crippen molar-refractivity contribution < 1.29 is 60.2 Å². The molecular formula is C33H57F3O10Si3. The zero-order valence-corrected chi connectivity index (χ0v) is 33.1. The highest BCUT2D eigenvalue weighted by molar-refractivity contribution is 6.85. The van der Waals surface area contributed by atoms with E-state index < -0.39 is 56.6 Å². The Morgan fingerprint density at radius 2 is 0.898 bits per heavy atom. The van der Waals surface area contributed by atoms with Crippen LogP contribution in [-0.2, 0) is 53.0 Å². The molecule has 3 unspecified atom stereocenters. The van der Waals surface area contributed by atoms with Crippen molar-refractivity contribution in [3.63, 3.8) is 0 Å². The molecule has 0 aromatic heterocycles. The second-order valence-electron chi connectivity index (χ2n) is 13.2. The molecular weight excluding hydrogens is 698 g/mol. The summed E-state index contributed by atoms with van der Waals surface area (Å²) in [6.45, 7) is 15.4. The van der Waals surface area contributed by atoms with Crippen molar-refractivity contribution in [2.75, 3.05) is 19.8 Å². The summed E-state index contributed by atoms with van der Waals surface area (Å²) >= 11 is 0. The monoisotopic (exact) mass is 754 g/mol. The van der Waals surface area contributed by atoms with Crippen LogP contribution in [0.15, 0.2) is 48.5 Å². The molecule has 49 heavy (non-hydrogen) atoms. The second-order valence-corrected chi connectivity index (χ2v) is 23.8. The van der Waals surface area contributed by atoms with Crippen molar-refractivity contribution in [1.82, 2.24) is 0 Å². The summed E-state index contributed by atoms with van der Waals surface area (Å²) in [5.74, 6) is 0. The van der Waals surface area contributed by atoms with Gasteiger partial charge in [0.15, 0.2) is 0 Å². The van der Waals surface area contributed by atoms with E-state index in [2.05, 4.69) is 0 Å². The molecule has 0 aliphatic rings. The third-order valence-corrected chi connectivity index (χ3v) is 16.7. The highest BCUT2D eigenvalue weighted by Crippen LogP contribution is 2.32. The zero-order chi connectivity index (χ0) is 37.3. The molecule has 0 spiro atoms. The maximum atomic E-state index is 13.3. The fourth-order valence-electron chi connectivity index (χ4n) is 4.26. The fourth-order valence-corrected chi connectivity index (χ4v) is 16.2. The Morgan fingerprint density at radius 3 is 1.16 bits per heavy atom. The minimum Gasteiger partial charge on any atom is -0.415 e. The van der Waals surface area contributed by atoms with Gasteiger partial charge >= 0.3 is 31.9 Å². The molecule has 10 nitrogen and oxygen atoms in total. The summed E-state index contributed by atoms with van der Waals surface area (Å²) in [6, 6.07) is 15.0. The van der Waals surface area contributed by atoms with Gasteiger partial charge < -0.3 is 47.0 Å². The molecule has 2 aromatic carbocycles. The molecule has 0 aliphatic carbocycles. The van der Waals surface area contributed by atoms with Crippen LogP contribution in [0.3, 0.4) is 0 Å². The number of ether oxygens (including phenoxy) is 2. The van der Waals surface area contributed by atoms with Crippen molar-refractivity contribution in [2.24, 2.45) is 0 Å². The summed E-state index contributed by atoms with van der Waals surface area (Å²) in [7, 11) is -9.23. The molecule has 0 amide bonds. The topological polar surface area (TPSA) is 136 Å². The van der Waals surface area contributed by atoms with Gasteiger partial charge in [-0.25, -0.2) is 0 Å². The van der Waals surface area contributed by atoms with Gasteiger partial charge in [-0.1, -0.05) is 48.5 Å². The minimum absolute atomic E-state index is 0.139. The smallest absolute Gasteiger partial charge is 0.389 e. The van der Waals surface area contributed by atoms with Crippen LogP contribution in [0.4, 0.5) is 13.2 Å². The van der Waals surface area contributed by atoms with Gasteiger partial charge in [0.05, 0.1) is 64.6 Å². The van der Waals surface area contributed by atoms with Gasteiger partial charge in [-0.05, 0) is 81.8 Å². The summed E-state index contributed by atoms with van der Waals surface area (Å²) < 4.78 is 76.0. The quantitative estimate of drug-likeness (QED) is 0.112. The number of rotatable bonds is 21. The van der Waals surface area contributed by atoms with Gasteiger partial charge in [-0.3, -0.25) is 0 Å². The first-order valence-electron chi connectivity index (χ1n) is 16.3. The number of halogens is 3. The molecule has 0 saturated heterocycles. The van der Waals surface area contributed by atoms with Crippen molar-refractivity contribution in [3.05, 3.63) is 70.8 Å². The predicted molar refractivity (Wildman–Crippen MR) is 188 cm³/mol. The van der Waals surface area contributed by atoms with Crippen molar-refractivity contribution in [1.29, 1.82) is 0 Å². The third-order valence-electron chi connectivity index (χ3n) is 6.52. The Hall–Kier alpha value is -1.52. The van der Waals surface area contributed by atoms with E-state index in [-0.39, 0.29) is 39.1 Å². The van der Waals surface area contributed by atoms with E-state index in [9.17, 15) is 23.4 Å². The van der Waals surface area contributed by atoms with Gasteiger partial charge in [0, 0.05) is 6.42 Å². The van der Waals surface area contributed by atoms with Crippen LogP contribution < -0.4 is 0 Å². The predicted octanol–water partition coefficient (Wildman–Crippen LogP) is 6.04. The van der Waals surface area contributed by atoms with Gasteiger partial charge in [0.25, 0.3) is 0 Å². The van der Waals surface area contributed by atoms with E-state index >= 15 is 0 Å². The molecule has 0 fully saturated rings. The zero-order valence-electron chi connectivity index (χ0n) is 30.1. The Bertz CT molecular complexity index is 1090. The van der Waals surface area contributed by atoms with Gasteiger partial charge in [0.2, 0.25) is 0 Å². The highest BCUT2D eigenvalue weighted by atomic mass is 28.5. The van der Waals surface area contributed by atoms with Crippen LogP contribution in [0.5, 0.6) is 0 Å². The number of benzene rings is 2. The van der Waals surface area contributed by atoms with Crippen LogP contribution in [-0.4, -0.2) is 90.4 Å². The molecule has 282 valence electrons. The lowest BCUT2D eigenvalue weighted by atomic mass is 10.1. The Morgan fingerprint density at radius 1 is 0.592 bits per heavy atom. The second kappa shape index (κ2) is 21.8. The first-order chi connectivity index (χ1) is 22.6. The highest BCUT2D eigenvalue weighted by Gasteiger charge is 2.47. The lowest BCUT2D eigenvalue weighted by Crippen LogP contribution is -2.56. The Kier molecular flexibility index (Phi) is 20.2. The van der Waals surface area contributed by atoms with Crippen LogP contribution in [0.2, 0.25) is 38.8 Å². The summed E-state index contributed by atoms with van der Waals surface area (Å²) in [6.07, 6.45) is -6.98. The fraction of sp³-hybridized carbons (Fsp3) is 0.636. The first kappa shape index (κ1) is 45.5. The van der Waals surface area contributed by atoms with Gasteiger partial charge in [-0.15, -0.1) is 0 Å². The molecule has 3 atom stereocenters. The number of hydrogen-bond donors (Lipinski definition) is 4. The average Bonchev–Trinajstić information content (AvgIpc) is 2.98. The number of aliphatic hydroxyl groups excluding tert-OH is 4. The van der Waals surface area contributed by atoms with E-state index in [1.165, 1.54) is 6.92 Å². The van der Waals surface area contributed by atoms with Crippen molar-refractivity contribution in [2.45, 2.75) is 117 Å². The van der Waals surface area contributed by atoms with Crippen molar-refractivity contribution >= 4 is 25.7 Å². The van der Waals surface area contributed by atoms with E-state index in [4.69, 9.17) is 36.8 Å². The maximum absolute atomic E-state index is 13.3. The van der Waals surface area contributed by atoms with Crippen LogP contribution in [0, 0.1) is 0 Å². The molecule has 0 bridgehead atoms. The van der Waals surface area contributed by atoms with E-state index in [1.807, 2.05) is 74.7 Å². The summed E-state index contributed by atoms with van der Waals surface area (Å²) in [4.78, 5) is 0. The molecule has 2 aromatic rings. The average molecular weight is 755 g/mol. The Labute approximate surface area is 292 Å². The van der Waals surface area contributed by atoms with Crippen LogP contribution in [0.1, 0.15) is 49.4 Å². The SMILES string of the molecule is CC(O)CO.CC(O)COCc1ccc(CO[Si](C)(C)O[Si](C)(CCC(F)(F)F)O[Si](C)(C)OCc2ccc(COCC(C)O)cc2)cc1. The molecule has 4 N–H and O–H groups in total. The standard InChI is InChI=1S/C30H49F3O8Si3.C3H8O2/c1-24(34)18-36-20-26-8-12-28(13-9-26)22-38-42(3,4)40-44(7,17-16-30(31,32)33)41-43(5,6)39-23-29-14-10-27(11-15-29)21-37-19-25(2)35;1-3(5)2-4/h8-15,24-25,34-35H,16-23H2,1-7H3;3-5H,2H2,1H3. The van der Waals surface area contributed by atoms with Crippen LogP contribution in [0.25, 0.3) is 0 Å².